The van der Waals surface area contributed by atoms with Gasteiger partial charge in [0.1, 0.15) is 29.3 Å². The summed E-state index contributed by atoms with van der Waals surface area (Å²) in [4.78, 5) is 51.2. The van der Waals surface area contributed by atoms with Gasteiger partial charge < -0.3 is 34.2 Å². The monoisotopic (exact) mass is 826 g/mol. The number of rotatable bonds is 13. The standard InChI is InChI=1S/C48H75NO10/c1-43(2,3)33-25-30(26-34(44(4,5)6)39(33)56-41(52)58-47(13,14)15)19-21-37(50)54-24-23-32(49)29-55-38(51)22-20-31-27-35(45(7,8)9)40(36(28-31)46(10,11)12)57-42(53)59-48(16,17)18/h25-28,32H,19-24,29,49H2,1-18H3. The second-order valence-electron chi connectivity index (χ2n) is 21.6. The zero-order chi connectivity index (χ0) is 45.5. The quantitative estimate of drug-likeness (QED) is 0.117. The summed E-state index contributed by atoms with van der Waals surface area (Å²) >= 11 is 0. The maximum atomic E-state index is 12.9. The zero-order valence-corrected chi connectivity index (χ0v) is 39.5. The van der Waals surface area contributed by atoms with E-state index in [1.54, 1.807) is 41.5 Å². The summed E-state index contributed by atoms with van der Waals surface area (Å²) < 4.78 is 33.7. The molecule has 0 saturated carbocycles. The molecular formula is C48H75NO10. The highest BCUT2D eigenvalue weighted by molar-refractivity contribution is 5.71. The summed E-state index contributed by atoms with van der Waals surface area (Å²) in [5.74, 6) is 0.186. The smallest absolute Gasteiger partial charge is 0.466 e. The number of carbonyl (C=O) groups excluding carboxylic acids is 4. The van der Waals surface area contributed by atoms with Crippen molar-refractivity contribution in [1.82, 2.24) is 0 Å². The van der Waals surface area contributed by atoms with Crippen LogP contribution in [0.5, 0.6) is 11.5 Å². The van der Waals surface area contributed by atoms with E-state index in [-0.39, 0.29) is 53.7 Å². The maximum Gasteiger partial charge on any atom is 0.514 e. The van der Waals surface area contributed by atoms with E-state index in [9.17, 15) is 19.2 Å². The average molecular weight is 826 g/mol. The zero-order valence-electron chi connectivity index (χ0n) is 39.5. The molecule has 1 atom stereocenters. The lowest BCUT2D eigenvalue weighted by atomic mass is 9.78. The van der Waals surface area contributed by atoms with Crippen LogP contribution in [0.15, 0.2) is 24.3 Å². The van der Waals surface area contributed by atoms with Gasteiger partial charge in [-0.05, 0) is 93.6 Å². The van der Waals surface area contributed by atoms with Gasteiger partial charge in [0, 0.05) is 41.1 Å². The number of carbonyl (C=O) groups is 4. The van der Waals surface area contributed by atoms with E-state index in [1.165, 1.54) is 0 Å². The number of benzene rings is 2. The lowest BCUT2D eigenvalue weighted by Crippen LogP contribution is -2.29. The van der Waals surface area contributed by atoms with Gasteiger partial charge in [-0.1, -0.05) is 107 Å². The van der Waals surface area contributed by atoms with E-state index in [4.69, 9.17) is 34.2 Å². The van der Waals surface area contributed by atoms with Crippen molar-refractivity contribution in [3.8, 4) is 11.5 Å². The Hall–Kier alpha value is -4.12. The fourth-order valence-corrected chi connectivity index (χ4v) is 6.07. The van der Waals surface area contributed by atoms with Crippen molar-refractivity contribution in [3.05, 3.63) is 57.6 Å². The predicted octanol–water partition coefficient (Wildman–Crippen LogP) is 10.9. The Bertz CT molecular complexity index is 1710. The molecule has 2 aromatic rings. The van der Waals surface area contributed by atoms with Gasteiger partial charge in [-0.15, -0.1) is 0 Å². The van der Waals surface area contributed by atoms with Crippen LogP contribution in [0.3, 0.4) is 0 Å². The third-order valence-electron chi connectivity index (χ3n) is 9.13. The minimum Gasteiger partial charge on any atom is -0.466 e. The molecule has 0 fully saturated rings. The van der Waals surface area contributed by atoms with Gasteiger partial charge in [0.25, 0.3) is 0 Å². The number of hydrogen-bond acceptors (Lipinski definition) is 11. The van der Waals surface area contributed by atoms with Crippen LogP contribution < -0.4 is 15.2 Å². The van der Waals surface area contributed by atoms with E-state index in [0.29, 0.717) is 30.8 Å². The topological polar surface area (TPSA) is 150 Å². The van der Waals surface area contributed by atoms with Crippen molar-refractivity contribution in [2.24, 2.45) is 5.73 Å². The fraction of sp³-hybridized carbons (Fsp3) is 0.667. The predicted molar refractivity (Wildman–Crippen MR) is 233 cm³/mol. The van der Waals surface area contributed by atoms with Gasteiger partial charge in [-0.2, -0.15) is 0 Å². The Labute approximate surface area is 354 Å². The minimum absolute atomic E-state index is 0.0115. The molecule has 0 aliphatic carbocycles. The average Bonchev–Trinajstić information content (AvgIpc) is 3.02. The van der Waals surface area contributed by atoms with Crippen LogP contribution in [0.25, 0.3) is 0 Å². The molecule has 2 aromatic carbocycles. The highest BCUT2D eigenvalue weighted by Gasteiger charge is 2.33. The Morgan fingerprint density at radius 2 is 0.814 bits per heavy atom. The normalized spacial score (nSPS) is 13.3. The van der Waals surface area contributed by atoms with Crippen LogP contribution >= 0.6 is 0 Å². The van der Waals surface area contributed by atoms with Gasteiger partial charge >= 0.3 is 24.2 Å². The fourth-order valence-electron chi connectivity index (χ4n) is 6.07. The first-order valence-corrected chi connectivity index (χ1v) is 20.8. The van der Waals surface area contributed by atoms with Gasteiger partial charge in [0.05, 0.1) is 6.61 Å². The van der Waals surface area contributed by atoms with Gasteiger partial charge in [0.15, 0.2) is 0 Å². The third kappa shape index (κ3) is 17.6. The Balaban J connectivity index is 2.02. The molecular weight excluding hydrogens is 751 g/mol. The summed E-state index contributed by atoms with van der Waals surface area (Å²) in [6.45, 7) is 35.4. The number of ether oxygens (including phenoxy) is 6. The van der Waals surface area contributed by atoms with Crippen LogP contribution in [0.1, 0.15) is 177 Å². The summed E-state index contributed by atoms with van der Waals surface area (Å²) in [6, 6.07) is 7.40. The summed E-state index contributed by atoms with van der Waals surface area (Å²) in [7, 11) is 0. The number of nitrogens with two attached hydrogens (primary N) is 1. The van der Waals surface area contributed by atoms with Crippen LogP contribution in [0, 0.1) is 0 Å². The minimum atomic E-state index is -0.767. The molecule has 2 N–H and O–H groups in total. The highest BCUT2D eigenvalue weighted by atomic mass is 16.7. The van der Waals surface area contributed by atoms with E-state index < -0.39 is 35.5 Å². The van der Waals surface area contributed by atoms with Gasteiger partial charge in [-0.25, -0.2) is 9.59 Å². The summed E-state index contributed by atoms with van der Waals surface area (Å²) in [5, 5.41) is 0. The second-order valence-corrected chi connectivity index (χ2v) is 21.6. The van der Waals surface area contributed by atoms with Crippen molar-refractivity contribution < 1.29 is 47.6 Å². The first kappa shape index (κ1) is 51.0. The van der Waals surface area contributed by atoms with E-state index in [0.717, 1.165) is 33.4 Å². The van der Waals surface area contributed by atoms with Gasteiger partial charge in [-0.3, -0.25) is 9.59 Å². The number of esters is 2. The molecule has 0 heterocycles. The molecule has 2 rings (SSSR count). The first-order chi connectivity index (χ1) is 26.6. The SMILES string of the molecule is CC(C)(C)OC(=O)Oc1c(C(C)(C)C)cc(CCC(=O)OCCC(N)COC(=O)CCc2cc(C(C)(C)C)c(OC(=O)OC(C)(C)C)c(C(C)(C)C)c2)cc1C(C)(C)C. The van der Waals surface area contributed by atoms with E-state index in [1.807, 2.05) is 107 Å². The Kier molecular flexibility index (Phi) is 16.9. The molecule has 0 spiro atoms. The van der Waals surface area contributed by atoms with Gasteiger partial charge in [0.2, 0.25) is 0 Å². The van der Waals surface area contributed by atoms with Crippen LogP contribution in [0.4, 0.5) is 9.59 Å². The summed E-state index contributed by atoms with van der Waals surface area (Å²) in [5.41, 5.74) is 8.53. The first-order valence-electron chi connectivity index (χ1n) is 20.8. The summed E-state index contributed by atoms with van der Waals surface area (Å²) in [6.07, 6.45) is -0.0986. The molecule has 0 saturated heterocycles. The molecule has 0 amide bonds. The molecule has 0 aliphatic heterocycles. The largest absolute Gasteiger partial charge is 0.514 e. The van der Waals surface area contributed by atoms with Crippen LogP contribution in [0.2, 0.25) is 0 Å². The van der Waals surface area contributed by atoms with E-state index in [2.05, 4.69) is 0 Å². The Morgan fingerprint density at radius 1 is 0.508 bits per heavy atom. The second kappa shape index (κ2) is 19.5. The molecule has 11 heteroatoms. The lowest BCUT2D eigenvalue weighted by molar-refractivity contribution is -0.146. The van der Waals surface area contributed by atoms with Crippen molar-refractivity contribution in [2.75, 3.05) is 13.2 Å². The molecule has 0 aromatic heterocycles. The maximum absolute atomic E-state index is 12.9. The molecule has 332 valence electrons. The number of aryl methyl sites for hydroxylation is 2. The Morgan fingerprint density at radius 3 is 1.10 bits per heavy atom. The number of hydrogen-bond donors (Lipinski definition) is 1. The molecule has 11 nitrogen and oxygen atoms in total. The van der Waals surface area contributed by atoms with Crippen LogP contribution in [-0.2, 0) is 63.0 Å². The lowest BCUT2D eigenvalue weighted by Gasteiger charge is -2.30. The van der Waals surface area contributed by atoms with Crippen LogP contribution in [-0.4, -0.2) is 54.7 Å². The highest BCUT2D eigenvalue weighted by Crippen LogP contribution is 2.43. The van der Waals surface area contributed by atoms with Crippen molar-refractivity contribution >= 4 is 24.2 Å². The molecule has 0 bridgehead atoms. The molecule has 1 unspecified atom stereocenters. The van der Waals surface area contributed by atoms with E-state index >= 15 is 0 Å². The van der Waals surface area contributed by atoms with Crippen molar-refractivity contribution in [2.45, 2.75) is 196 Å². The molecule has 0 radical (unpaired) electrons. The van der Waals surface area contributed by atoms with Crippen molar-refractivity contribution in [1.29, 1.82) is 0 Å². The third-order valence-corrected chi connectivity index (χ3v) is 9.13. The van der Waals surface area contributed by atoms with Crippen molar-refractivity contribution in [3.63, 3.8) is 0 Å². The molecule has 0 aliphatic rings. The molecule has 59 heavy (non-hydrogen) atoms.